The predicted molar refractivity (Wildman–Crippen MR) is 109 cm³/mol. The van der Waals surface area contributed by atoms with Crippen molar-refractivity contribution in [3.8, 4) is 17.3 Å². The zero-order chi connectivity index (χ0) is 21.6. The van der Waals surface area contributed by atoms with Crippen molar-refractivity contribution in [1.82, 2.24) is 19.9 Å². The minimum Gasteiger partial charge on any atom is -0.354 e. The minimum atomic E-state index is -4.51. The van der Waals surface area contributed by atoms with Crippen LogP contribution in [-0.2, 0) is 6.18 Å². The lowest BCUT2D eigenvalue weighted by atomic mass is 9.80. The van der Waals surface area contributed by atoms with Gasteiger partial charge in [0, 0.05) is 29.9 Å². The van der Waals surface area contributed by atoms with Crippen LogP contribution < -0.4 is 5.32 Å². The molecule has 3 heterocycles. The topological polar surface area (TPSA) is 90.3 Å². The van der Waals surface area contributed by atoms with Gasteiger partial charge < -0.3 is 10.3 Å². The molecule has 0 amide bonds. The Hall–Kier alpha value is -3.15. The minimum absolute atomic E-state index is 0.192. The Morgan fingerprint density at radius 3 is 2.61 bits per heavy atom. The van der Waals surface area contributed by atoms with Gasteiger partial charge in [0.05, 0.1) is 23.0 Å². The molecule has 0 bridgehead atoms. The van der Waals surface area contributed by atoms with Crippen LogP contribution in [0.25, 0.3) is 22.3 Å². The zero-order valence-electron chi connectivity index (χ0n) is 16.8. The van der Waals surface area contributed by atoms with E-state index in [1.165, 1.54) is 50.9 Å². The smallest absolute Gasteiger partial charge is 0.354 e. The first-order valence-electron chi connectivity index (χ1n) is 10.4. The Morgan fingerprint density at radius 2 is 1.94 bits per heavy atom. The third-order valence-electron chi connectivity index (χ3n) is 6.69. The molecule has 9 heteroatoms. The number of rotatable bonds is 4. The molecule has 0 saturated heterocycles. The summed E-state index contributed by atoms with van der Waals surface area (Å²) < 4.78 is 39.5. The molecule has 2 saturated carbocycles. The first-order chi connectivity index (χ1) is 14.9. The van der Waals surface area contributed by atoms with Gasteiger partial charge in [0.25, 0.3) is 0 Å². The highest BCUT2D eigenvalue weighted by atomic mass is 19.4. The van der Waals surface area contributed by atoms with Gasteiger partial charge in [0.2, 0.25) is 5.95 Å². The molecule has 3 aromatic heterocycles. The maximum absolute atomic E-state index is 13.2. The summed E-state index contributed by atoms with van der Waals surface area (Å²) in [6.07, 6.45) is 6.88. The number of nitriles is 1. The molecule has 0 aliphatic heterocycles. The molecular formula is C22H21F3N6. The van der Waals surface area contributed by atoms with E-state index in [2.05, 4.69) is 25.3 Å². The van der Waals surface area contributed by atoms with Crippen LogP contribution in [0.15, 0.2) is 24.7 Å². The molecule has 2 N–H and O–H groups in total. The molecule has 3 aromatic rings. The van der Waals surface area contributed by atoms with Gasteiger partial charge in [-0.15, -0.1) is 0 Å². The van der Waals surface area contributed by atoms with E-state index in [4.69, 9.17) is 0 Å². The number of nitrogens with one attached hydrogen (secondary N) is 2. The normalized spacial score (nSPS) is 18.3. The van der Waals surface area contributed by atoms with Gasteiger partial charge in [-0.1, -0.05) is 0 Å². The maximum Gasteiger partial charge on any atom is 0.417 e. The average Bonchev–Trinajstić information content (AvgIpc) is 3.38. The Kier molecular flexibility index (Phi) is 4.61. The van der Waals surface area contributed by atoms with E-state index >= 15 is 0 Å². The Labute approximate surface area is 176 Å². The van der Waals surface area contributed by atoms with E-state index in [0.29, 0.717) is 28.5 Å². The Balaban J connectivity index is 1.41. The SMILES string of the molecule is N#Cc1cnc(NCC2CCC3(CC2)CC3)nc1-c1c[nH]c2ncc(C(F)(F)F)cc12. The molecule has 0 unspecified atom stereocenters. The summed E-state index contributed by atoms with van der Waals surface area (Å²) in [5, 5.41) is 13.0. The van der Waals surface area contributed by atoms with Crippen molar-refractivity contribution in [1.29, 1.82) is 5.26 Å². The second-order valence-electron chi connectivity index (χ2n) is 8.71. The molecule has 6 nitrogen and oxygen atoms in total. The summed E-state index contributed by atoms with van der Waals surface area (Å²) in [7, 11) is 0. The molecule has 160 valence electrons. The van der Waals surface area contributed by atoms with Crippen molar-refractivity contribution in [3.05, 3.63) is 35.8 Å². The Morgan fingerprint density at radius 1 is 1.16 bits per heavy atom. The largest absolute Gasteiger partial charge is 0.417 e. The van der Waals surface area contributed by atoms with Gasteiger partial charge in [-0.3, -0.25) is 0 Å². The van der Waals surface area contributed by atoms with Gasteiger partial charge in [-0.25, -0.2) is 15.0 Å². The molecule has 0 radical (unpaired) electrons. The molecule has 5 rings (SSSR count). The fourth-order valence-electron chi connectivity index (χ4n) is 4.51. The van der Waals surface area contributed by atoms with Crippen LogP contribution >= 0.6 is 0 Å². The van der Waals surface area contributed by atoms with Crippen molar-refractivity contribution < 1.29 is 13.2 Å². The standard InChI is InChI=1S/C22H21F3N6/c23-22(24,25)15-7-16-17(12-28-19(16)27-11-15)18-14(8-26)10-30-20(31-18)29-9-13-1-3-21(4-2-13)5-6-21/h7,10-13H,1-6,9H2,(H,27,28)(H,29,30,31). The molecule has 2 aliphatic rings. The number of alkyl halides is 3. The summed E-state index contributed by atoms with van der Waals surface area (Å²) in [6.45, 7) is 0.745. The summed E-state index contributed by atoms with van der Waals surface area (Å²) >= 11 is 0. The van der Waals surface area contributed by atoms with E-state index in [9.17, 15) is 18.4 Å². The van der Waals surface area contributed by atoms with Crippen molar-refractivity contribution in [3.63, 3.8) is 0 Å². The number of anilines is 1. The van der Waals surface area contributed by atoms with Crippen LogP contribution in [0.3, 0.4) is 0 Å². The number of nitrogens with zero attached hydrogens (tertiary/aromatic N) is 4. The van der Waals surface area contributed by atoms with Gasteiger partial charge in [-0.2, -0.15) is 18.4 Å². The molecule has 1 spiro atoms. The number of halogens is 3. The summed E-state index contributed by atoms with van der Waals surface area (Å²) in [5.41, 5.74) is 0.954. The van der Waals surface area contributed by atoms with Crippen LogP contribution in [0.2, 0.25) is 0 Å². The quantitative estimate of drug-likeness (QED) is 0.591. The maximum atomic E-state index is 13.2. The van der Waals surface area contributed by atoms with Gasteiger partial charge in [0.1, 0.15) is 11.7 Å². The first-order valence-corrected chi connectivity index (χ1v) is 10.4. The number of aromatic amines is 1. The van der Waals surface area contributed by atoms with Crippen LogP contribution in [-0.4, -0.2) is 26.5 Å². The lowest BCUT2D eigenvalue weighted by molar-refractivity contribution is -0.137. The molecule has 2 fully saturated rings. The predicted octanol–water partition coefficient (Wildman–Crippen LogP) is 5.29. The van der Waals surface area contributed by atoms with E-state index in [0.717, 1.165) is 18.8 Å². The van der Waals surface area contributed by atoms with Crippen molar-refractivity contribution in [2.75, 3.05) is 11.9 Å². The first kappa shape index (κ1) is 19.8. The Bertz CT molecular complexity index is 1160. The van der Waals surface area contributed by atoms with Crippen LogP contribution in [0.5, 0.6) is 0 Å². The number of aromatic nitrogens is 4. The van der Waals surface area contributed by atoms with E-state index < -0.39 is 11.7 Å². The van der Waals surface area contributed by atoms with Crippen LogP contribution in [0.4, 0.5) is 19.1 Å². The summed E-state index contributed by atoms with van der Waals surface area (Å²) in [6, 6.07) is 3.06. The molecule has 31 heavy (non-hydrogen) atoms. The highest BCUT2D eigenvalue weighted by Gasteiger charge is 2.44. The lowest BCUT2D eigenvalue weighted by Crippen LogP contribution is -2.22. The summed E-state index contributed by atoms with van der Waals surface area (Å²) in [4.78, 5) is 15.4. The van der Waals surface area contributed by atoms with E-state index in [1.54, 1.807) is 0 Å². The number of hydrogen-bond acceptors (Lipinski definition) is 5. The molecule has 0 aromatic carbocycles. The van der Waals surface area contributed by atoms with Gasteiger partial charge in [0.15, 0.2) is 0 Å². The van der Waals surface area contributed by atoms with Gasteiger partial charge in [-0.05, 0) is 55.9 Å². The fraction of sp³-hybridized carbons (Fsp3) is 0.455. The van der Waals surface area contributed by atoms with Crippen molar-refractivity contribution >= 4 is 17.0 Å². The second-order valence-corrected chi connectivity index (χ2v) is 8.71. The fourth-order valence-corrected chi connectivity index (χ4v) is 4.51. The van der Waals surface area contributed by atoms with E-state index in [1.807, 2.05) is 6.07 Å². The van der Waals surface area contributed by atoms with Crippen LogP contribution in [0.1, 0.15) is 49.7 Å². The second kappa shape index (κ2) is 7.22. The van der Waals surface area contributed by atoms with Gasteiger partial charge >= 0.3 is 6.18 Å². The highest BCUT2D eigenvalue weighted by molar-refractivity contribution is 5.94. The zero-order valence-corrected chi connectivity index (χ0v) is 16.8. The third-order valence-corrected chi connectivity index (χ3v) is 6.69. The van der Waals surface area contributed by atoms with Crippen molar-refractivity contribution in [2.45, 2.75) is 44.7 Å². The molecule has 0 atom stereocenters. The number of pyridine rings is 1. The monoisotopic (exact) mass is 426 g/mol. The van der Waals surface area contributed by atoms with E-state index in [-0.39, 0.29) is 16.6 Å². The summed E-state index contributed by atoms with van der Waals surface area (Å²) in [5.74, 6) is 0.926. The third kappa shape index (κ3) is 3.82. The average molecular weight is 426 g/mol. The lowest BCUT2D eigenvalue weighted by Gasteiger charge is -2.28. The number of fused-ring (bicyclic) bond motifs is 1. The molecule has 2 aliphatic carbocycles. The molecular weight excluding hydrogens is 405 g/mol. The number of H-pyrrole nitrogens is 1. The highest BCUT2D eigenvalue weighted by Crippen LogP contribution is 2.57. The van der Waals surface area contributed by atoms with Crippen LogP contribution in [0, 0.1) is 22.7 Å². The number of hydrogen-bond donors (Lipinski definition) is 2. The van der Waals surface area contributed by atoms with Crippen molar-refractivity contribution in [2.24, 2.45) is 11.3 Å².